The van der Waals surface area contributed by atoms with E-state index in [-0.39, 0.29) is 49.6 Å². The first-order valence-electron chi connectivity index (χ1n) is 4.75. The standard InChI is InChI=1S/C7H10O4.C3H6O3S.Na.H/c1-2-3-5(7(10)11)4-6(8)9;1-2-3-7(4,5)6;;/h2,5H,1,3-4H2,(H,8,9)(H,10,11);2H,1,3H2,(H,4,5,6);;/q;;+1;-1. The molecule has 0 aliphatic heterocycles. The van der Waals surface area contributed by atoms with Crippen LogP contribution in [0, 0.1) is 5.92 Å². The molecule has 3 N–H and O–H groups in total. The maximum absolute atomic E-state index is 10.3. The van der Waals surface area contributed by atoms with Crippen molar-refractivity contribution in [2.24, 2.45) is 5.92 Å². The van der Waals surface area contributed by atoms with Crippen molar-refractivity contribution in [3.63, 3.8) is 0 Å². The quantitative estimate of drug-likeness (QED) is 0.279. The van der Waals surface area contributed by atoms with E-state index in [1.54, 1.807) is 0 Å². The third kappa shape index (κ3) is 19.8. The van der Waals surface area contributed by atoms with Crippen molar-refractivity contribution in [2.45, 2.75) is 12.8 Å². The minimum atomic E-state index is -3.79. The summed E-state index contributed by atoms with van der Waals surface area (Å²) in [6.07, 6.45) is 2.38. The Labute approximate surface area is 135 Å². The Balaban J connectivity index is -0.000000126. The molecule has 0 radical (unpaired) electrons. The molecule has 0 amide bonds. The molecule has 0 rings (SSSR count). The Bertz CT molecular complexity index is 408. The average Bonchev–Trinajstić information content (AvgIpc) is 2.15. The second-order valence-electron chi connectivity index (χ2n) is 3.19. The van der Waals surface area contributed by atoms with Crippen molar-refractivity contribution in [2.75, 3.05) is 5.75 Å². The summed E-state index contributed by atoms with van der Waals surface area (Å²) in [5.74, 6) is -3.40. The van der Waals surface area contributed by atoms with Crippen LogP contribution in [-0.2, 0) is 19.7 Å². The predicted octanol–water partition coefficient (Wildman–Crippen LogP) is -2.09. The van der Waals surface area contributed by atoms with E-state index in [4.69, 9.17) is 14.8 Å². The zero-order chi connectivity index (χ0) is 14.8. The molecule has 0 aliphatic carbocycles. The first-order valence-corrected chi connectivity index (χ1v) is 6.36. The van der Waals surface area contributed by atoms with Gasteiger partial charge in [-0.25, -0.2) is 0 Å². The first-order chi connectivity index (χ1) is 8.14. The Hall–Kier alpha value is -0.670. The molecule has 1 unspecified atom stereocenters. The second kappa shape index (κ2) is 12.4. The summed E-state index contributed by atoms with van der Waals surface area (Å²) in [4.78, 5) is 20.4. The maximum atomic E-state index is 10.3. The maximum Gasteiger partial charge on any atom is 1.00 e. The Morgan fingerprint density at radius 3 is 1.84 bits per heavy atom. The van der Waals surface area contributed by atoms with Gasteiger partial charge in [-0.1, -0.05) is 12.2 Å². The molecule has 7 nitrogen and oxygen atoms in total. The number of carbonyl (C=O) groups is 2. The molecular formula is C10H17NaO7S. The molecule has 0 saturated heterocycles. The molecule has 0 heterocycles. The molecule has 1 atom stereocenters. The third-order valence-electron chi connectivity index (χ3n) is 1.55. The molecular weight excluding hydrogens is 287 g/mol. The van der Waals surface area contributed by atoms with E-state index in [0.29, 0.717) is 0 Å². The molecule has 0 aromatic rings. The molecule has 0 aliphatic rings. The summed E-state index contributed by atoms with van der Waals surface area (Å²) in [6, 6.07) is 0. The van der Waals surface area contributed by atoms with Gasteiger partial charge in [0.1, 0.15) is 0 Å². The number of rotatable bonds is 7. The average molecular weight is 304 g/mol. The van der Waals surface area contributed by atoms with Gasteiger partial charge in [-0.3, -0.25) is 14.1 Å². The van der Waals surface area contributed by atoms with Crippen LogP contribution in [0.5, 0.6) is 0 Å². The van der Waals surface area contributed by atoms with E-state index in [9.17, 15) is 18.0 Å². The molecule has 19 heavy (non-hydrogen) atoms. The van der Waals surface area contributed by atoms with Gasteiger partial charge in [0.25, 0.3) is 10.1 Å². The summed E-state index contributed by atoms with van der Waals surface area (Å²) < 4.78 is 27.3. The number of carboxylic acid groups (broad SMARTS) is 2. The van der Waals surface area contributed by atoms with Crippen molar-refractivity contribution >= 4 is 22.1 Å². The van der Waals surface area contributed by atoms with Crippen LogP contribution in [0.25, 0.3) is 0 Å². The predicted molar refractivity (Wildman–Crippen MR) is 65.9 cm³/mol. The van der Waals surface area contributed by atoms with Gasteiger partial charge in [0, 0.05) is 0 Å². The van der Waals surface area contributed by atoms with Gasteiger partial charge < -0.3 is 11.6 Å². The third-order valence-corrected chi connectivity index (χ3v) is 2.21. The SMILES string of the molecule is C=CCC(CC(=O)O)C(=O)O.C=CCS(=O)(=O)O.[H-].[Na+]. The van der Waals surface area contributed by atoms with E-state index >= 15 is 0 Å². The van der Waals surface area contributed by atoms with Crippen LogP contribution in [0.15, 0.2) is 25.3 Å². The fraction of sp³-hybridized carbons (Fsp3) is 0.400. The summed E-state index contributed by atoms with van der Waals surface area (Å²) in [5.41, 5.74) is 0. The second-order valence-corrected chi connectivity index (χ2v) is 4.69. The van der Waals surface area contributed by atoms with Gasteiger partial charge in [-0.2, -0.15) is 8.42 Å². The molecule has 0 bridgehead atoms. The summed E-state index contributed by atoms with van der Waals surface area (Å²) >= 11 is 0. The van der Waals surface area contributed by atoms with Gasteiger partial charge >= 0.3 is 41.5 Å². The van der Waals surface area contributed by atoms with Gasteiger partial charge in [0.15, 0.2) is 0 Å². The summed E-state index contributed by atoms with van der Waals surface area (Å²) in [5, 5.41) is 16.7. The van der Waals surface area contributed by atoms with Crippen LogP contribution >= 0.6 is 0 Å². The fourth-order valence-electron chi connectivity index (χ4n) is 0.832. The largest absolute Gasteiger partial charge is 1.00 e. The zero-order valence-electron chi connectivity index (χ0n) is 11.7. The minimum Gasteiger partial charge on any atom is -1.00 e. The molecule has 0 aromatic heterocycles. The fourth-order valence-corrected chi connectivity index (χ4v) is 1.13. The van der Waals surface area contributed by atoms with Crippen LogP contribution < -0.4 is 29.6 Å². The van der Waals surface area contributed by atoms with Crippen LogP contribution in [0.1, 0.15) is 14.3 Å². The molecule has 0 saturated carbocycles. The van der Waals surface area contributed by atoms with Crippen LogP contribution in [0.2, 0.25) is 0 Å². The van der Waals surface area contributed by atoms with E-state index in [1.165, 1.54) is 6.08 Å². The number of aliphatic carboxylic acids is 2. The van der Waals surface area contributed by atoms with Crippen molar-refractivity contribution in [1.29, 1.82) is 0 Å². The van der Waals surface area contributed by atoms with Crippen molar-refractivity contribution in [3.8, 4) is 0 Å². The summed E-state index contributed by atoms with van der Waals surface area (Å²) in [7, 11) is -3.79. The number of hydrogen-bond donors (Lipinski definition) is 3. The molecule has 0 aromatic carbocycles. The molecule has 0 spiro atoms. The van der Waals surface area contributed by atoms with E-state index in [1.807, 2.05) is 0 Å². The number of hydrogen-bond acceptors (Lipinski definition) is 4. The van der Waals surface area contributed by atoms with Gasteiger partial charge in [0.2, 0.25) is 0 Å². The van der Waals surface area contributed by atoms with E-state index < -0.39 is 28.0 Å². The van der Waals surface area contributed by atoms with Crippen molar-refractivity contribution < 1.29 is 63.8 Å². The van der Waals surface area contributed by atoms with Crippen LogP contribution in [0.3, 0.4) is 0 Å². The minimum absolute atomic E-state index is 0. The van der Waals surface area contributed by atoms with Crippen molar-refractivity contribution in [3.05, 3.63) is 25.3 Å². The Morgan fingerprint density at radius 2 is 1.68 bits per heavy atom. The zero-order valence-corrected chi connectivity index (χ0v) is 13.5. The van der Waals surface area contributed by atoms with Crippen LogP contribution in [0.4, 0.5) is 0 Å². The normalized spacial score (nSPS) is 11.0. The first kappa shape index (κ1) is 23.4. The molecule has 106 valence electrons. The Morgan fingerprint density at radius 1 is 1.21 bits per heavy atom. The van der Waals surface area contributed by atoms with Gasteiger partial charge in [0.05, 0.1) is 18.1 Å². The van der Waals surface area contributed by atoms with E-state index in [0.717, 1.165) is 6.08 Å². The van der Waals surface area contributed by atoms with Gasteiger partial charge in [-0.05, 0) is 6.42 Å². The monoisotopic (exact) mass is 304 g/mol. The van der Waals surface area contributed by atoms with Gasteiger partial charge in [-0.15, -0.1) is 13.2 Å². The topological polar surface area (TPSA) is 129 Å². The van der Waals surface area contributed by atoms with Crippen LogP contribution in [-0.4, -0.2) is 40.9 Å². The molecule has 0 fully saturated rings. The van der Waals surface area contributed by atoms with Crippen molar-refractivity contribution in [1.82, 2.24) is 0 Å². The number of allylic oxidation sites excluding steroid dienone is 1. The molecule has 9 heteroatoms. The van der Waals surface area contributed by atoms with E-state index in [2.05, 4.69) is 13.2 Å². The smallest absolute Gasteiger partial charge is 1.00 e. The summed E-state index contributed by atoms with van der Waals surface area (Å²) in [6.45, 7) is 6.44. The number of carboxylic acids is 2. The Kier molecular flexibility index (Phi) is 15.2.